The highest BCUT2D eigenvalue weighted by molar-refractivity contribution is 7.89. The fraction of sp³-hybridized carbons (Fsp3) is 0.133. The largest absolute Gasteiger partial charge is 0.545 e. The quantitative estimate of drug-likeness (QED) is 0.897. The predicted octanol–water partition coefficient (Wildman–Crippen LogP) is 1.23. The molecule has 0 bridgehead atoms. The summed E-state index contributed by atoms with van der Waals surface area (Å²) in [5.74, 6) is -2.61. The number of aromatic carboxylic acids is 1. The van der Waals surface area contributed by atoms with E-state index in [9.17, 15) is 22.7 Å². The molecule has 1 N–H and O–H groups in total. The van der Waals surface area contributed by atoms with Crippen molar-refractivity contribution in [1.82, 2.24) is 4.72 Å². The normalized spacial score (nSPS) is 12.8. The molecule has 0 saturated carbocycles. The number of benzene rings is 2. The molecule has 0 heterocycles. The summed E-state index contributed by atoms with van der Waals surface area (Å²) in [6.07, 6.45) is 0. The van der Waals surface area contributed by atoms with Crippen LogP contribution in [0.5, 0.6) is 0 Å². The van der Waals surface area contributed by atoms with Gasteiger partial charge in [-0.3, -0.25) is 0 Å². The average molecular weight is 322 g/mol. The third-order valence-corrected chi connectivity index (χ3v) is 4.64. The van der Waals surface area contributed by atoms with Crippen LogP contribution in [0, 0.1) is 5.82 Å². The van der Waals surface area contributed by atoms with E-state index in [1.54, 1.807) is 37.3 Å². The number of hydrogen-bond donors (Lipinski definition) is 1. The van der Waals surface area contributed by atoms with E-state index < -0.39 is 38.3 Å². The molecule has 0 aromatic heterocycles. The minimum absolute atomic E-state index is 0.408. The van der Waals surface area contributed by atoms with Crippen LogP contribution < -0.4 is 9.83 Å². The first-order valence-electron chi connectivity index (χ1n) is 6.39. The van der Waals surface area contributed by atoms with Crippen LogP contribution >= 0.6 is 0 Å². The molecule has 0 amide bonds. The summed E-state index contributed by atoms with van der Waals surface area (Å²) < 4.78 is 40.6. The van der Waals surface area contributed by atoms with Gasteiger partial charge in [0.15, 0.2) is 0 Å². The van der Waals surface area contributed by atoms with Gasteiger partial charge in [0.2, 0.25) is 10.0 Å². The van der Waals surface area contributed by atoms with Crippen molar-refractivity contribution in [2.75, 3.05) is 0 Å². The number of nitrogens with one attached hydrogen (secondary N) is 1. The highest BCUT2D eigenvalue weighted by Crippen LogP contribution is 2.20. The van der Waals surface area contributed by atoms with Gasteiger partial charge in [0, 0.05) is 6.04 Å². The third-order valence-electron chi connectivity index (χ3n) is 3.09. The second kappa shape index (κ2) is 6.25. The van der Waals surface area contributed by atoms with E-state index in [0.717, 1.165) is 18.2 Å². The predicted molar refractivity (Wildman–Crippen MR) is 75.9 cm³/mol. The molecule has 2 aromatic rings. The summed E-state index contributed by atoms with van der Waals surface area (Å²) in [6.45, 7) is 1.60. The first kappa shape index (κ1) is 16.1. The average Bonchev–Trinajstić information content (AvgIpc) is 2.47. The van der Waals surface area contributed by atoms with Crippen molar-refractivity contribution in [1.29, 1.82) is 0 Å². The molecule has 5 nitrogen and oxygen atoms in total. The molecule has 2 rings (SSSR count). The Bertz CT molecular complexity index is 790. The number of hydrogen-bond acceptors (Lipinski definition) is 4. The summed E-state index contributed by atoms with van der Waals surface area (Å²) in [7, 11) is -4.21. The van der Waals surface area contributed by atoms with Gasteiger partial charge in [-0.05, 0) is 30.2 Å². The maximum Gasteiger partial charge on any atom is 0.244 e. The van der Waals surface area contributed by atoms with E-state index in [1.165, 1.54) is 0 Å². The molecule has 2 aromatic carbocycles. The van der Waals surface area contributed by atoms with Gasteiger partial charge in [-0.1, -0.05) is 36.4 Å². The lowest BCUT2D eigenvalue weighted by Gasteiger charge is -2.15. The lowest BCUT2D eigenvalue weighted by atomic mass is 10.1. The van der Waals surface area contributed by atoms with Gasteiger partial charge < -0.3 is 9.90 Å². The molecular weight excluding hydrogens is 309 g/mol. The first-order valence-corrected chi connectivity index (χ1v) is 7.88. The van der Waals surface area contributed by atoms with Crippen molar-refractivity contribution in [2.24, 2.45) is 0 Å². The van der Waals surface area contributed by atoms with Crippen molar-refractivity contribution in [3.05, 3.63) is 65.5 Å². The van der Waals surface area contributed by atoms with Gasteiger partial charge in [-0.2, -0.15) is 0 Å². The van der Waals surface area contributed by atoms with Gasteiger partial charge in [0.25, 0.3) is 0 Å². The Morgan fingerprint density at radius 3 is 2.41 bits per heavy atom. The minimum atomic E-state index is -4.21. The van der Waals surface area contributed by atoms with Crippen LogP contribution in [0.15, 0.2) is 53.4 Å². The van der Waals surface area contributed by atoms with Crippen LogP contribution in [-0.4, -0.2) is 14.4 Å². The SMILES string of the molecule is C[C@H](NS(=O)(=O)c1cc(C(=O)[O-])ccc1F)c1ccccc1. The van der Waals surface area contributed by atoms with Crippen LogP contribution in [0.4, 0.5) is 4.39 Å². The Balaban J connectivity index is 2.35. The fourth-order valence-electron chi connectivity index (χ4n) is 1.94. The standard InChI is InChI=1S/C15H14FNO4S/c1-10(11-5-3-2-4-6-11)17-22(20,21)14-9-12(15(18)19)7-8-13(14)16/h2-10,17H,1H3,(H,18,19)/p-1/t10-/m0/s1. The Morgan fingerprint density at radius 1 is 1.18 bits per heavy atom. The van der Waals surface area contributed by atoms with Crippen molar-refractivity contribution >= 4 is 16.0 Å². The van der Waals surface area contributed by atoms with Gasteiger partial charge >= 0.3 is 0 Å². The monoisotopic (exact) mass is 322 g/mol. The van der Waals surface area contributed by atoms with E-state index in [-0.39, 0.29) is 0 Å². The Hall–Kier alpha value is -2.25. The highest BCUT2D eigenvalue weighted by Gasteiger charge is 2.22. The van der Waals surface area contributed by atoms with Gasteiger partial charge in [0.1, 0.15) is 10.7 Å². The van der Waals surface area contributed by atoms with Gasteiger partial charge in [-0.25, -0.2) is 17.5 Å². The Morgan fingerprint density at radius 2 is 1.82 bits per heavy atom. The molecular formula is C15H13FNO4S-. The molecule has 0 aliphatic rings. The van der Waals surface area contributed by atoms with E-state index in [2.05, 4.69) is 4.72 Å². The second-order valence-corrected chi connectivity index (χ2v) is 6.37. The first-order chi connectivity index (χ1) is 10.3. The number of rotatable bonds is 5. The molecule has 22 heavy (non-hydrogen) atoms. The molecule has 0 saturated heterocycles. The molecule has 116 valence electrons. The highest BCUT2D eigenvalue weighted by atomic mass is 32.2. The van der Waals surface area contributed by atoms with E-state index in [0.29, 0.717) is 5.56 Å². The van der Waals surface area contributed by atoms with E-state index in [4.69, 9.17) is 0 Å². The van der Waals surface area contributed by atoms with Gasteiger partial charge in [0.05, 0.1) is 5.97 Å². The summed E-state index contributed by atoms with van der Waals surface area (Å²) in [5, 5.41) is 10.8. The lowest BCUT2D eigenvalue weighted by Crippen LogP contribution is -2.28. The fourth-order valence-corrected chi connectivity index (χ4v) is 3.28. The smallest absolute Gasteiger partial charge is 0.244 e. The Kier molecular flexibility index (Phi) is 4.58. The van der Waals surface area contributed by atoms with E-state index in [1.807, 2.05) is 0 Å². The van der Waals surface area contributed by atoms with Gasteiger partial charge in [-0.15, -0.1) is 0 Å². The molecule has 7 heteroatoms. The number of sulfonamides is 1. The van der Waals surface area contributed by atoms with Crippen LogP contribution in [0.1, 0.15) is 28.9 Å². The van der Waals surface area contributed by atoms with Crippen LogP contribution in [0.3, 0.4) is 0 Å². The van der Waals surface area contributed by atoms with Crippen LogP contribution in [0.25, 0.3) is 0 Å². The van der Waals surface area contributed by atoms with Crippen molar-refractivity contribution in [3.8, 4) is 0 Å². The van der Waals surface area contributed by atoms with Crippen LogP contribution in [-0.2, 0) is 10.0 Å². The van der Waals surface area contributed by atoms with Crippen molar-refractivity contribution in [3.63, 3.8) is 0 Å². The summed E-state index contributed by atoms with van der Waals surface area (Å²) in [5.41, 5.74) is 0.289. The van der Waals surface area contributed by atoms with Crippen molar-refractivity contribution in [2.45, 2.75) is 17.9 Å². The molecule has 0 radical (unpaired) electrons. The number of carbonyl (C=O) groups excluding carboxylic acids is 1. The molecule has 0 spiro atoms. The second-order valence-electron chi connectivity index (χ2n) is 4.69. The molecule has 0 aliphatic heterocycles. The van der Waals surface area contributed by atoms with E-state index >= 15 is 0 Å². The minimum Gasteiger partial charge on any atom is -0.545 e. The summed E-state index contributed by atoms with van der Waals surface area (Å²) in [4.78, 5) is 10.1. The molecule has 1 atom stereocenters. The number of carboxylic acids is 1. The number of halogens is 1. The topological polar surface area (TPSA) is 86.3 Å². The zero-order chi connectivity index (χ0) is 16.3. The number of carbonyl (C=O) groups is 1. The maximum atomic E-state index is 13.7. The van der Waals surface area contributed by atoms with Crippen LogP contribution in [0.2, 0.25) is 0 Å². The number of carboxylic acid groups (broad SMARTS) is 1. The summed E-state index contributed by atoms with van der Waals surface area (Å²) in [6, 6.07) is 10.6. The molecule has 0 aliphatic carbocycles. The summed E-state index contributed by atoms with van der Waals surface area (Å²) >= 11 is 0. The molecule has 0 fully saturated rings. The maximum absolute atomic E-state index is 13.7. The Labute approximate surface area is 127 Å². The zero-order valence-electron chi connectivity index (χ0n) is 11.6. The third kappa shape index (κ3) is 3.49. The van der Waals surface area contributed by atoms with Crippen molar-refractivity contribution < 1.29 is 22.7 Å². The lowest BCUT2D eigenvalue weighted by molar-refractivity contribution is -0.255. The zero-order valence-corrected chi connectivity index (χ0v) is 12.4. The molecule has 0 unspecified atom stereocenters.